The van der Waals surface area contributed by atoms with Crippen LogP contribution in [-0.4, -0.2) is 13.4 Å². The van der Waals surface area contributed by atoms with E-state index in [-0.39, 0.29) is 0 Å². The van der Waals surface area contributed by atoms with Gasteiger partial charge in [0.2, 0.25) is 0 Å². The summed E-state index contributed by atoms with van der Waals surface area (Å²) in [5.74, 6) is 0.720. The molecular formula is C12H9ClO2. The van der Waals surface area contributed by atoms with E-state index in [0.29, 0.717) is 10.6 Å². The molecule has 2 nitrogen and oxygen atoms in total. The summed E-state index contributed by atoms with van der Waals surface area (Å²) in [6.07, 6.45) is 0.799. The maximum Gasteiger partial charge on any atom is 0.150 e. The molecule has 0 bridgehead atoms. The molecule has 0 saturated carbocycles. The Bertz CT molecular complexity index is 520. The third-order valence-electron chi connectivity index (χ3n) is 2.33. The number of benzene rings is 2. The number of fused-ring (bicyclic) bond motifs is 1. The first kappa shape index (κ1) is 9.99. The first-order valence-corrected chi connectivity index (χ1v) is 4.86. The lowest BCUT2D eigenvalue weighted by Crippen LogP contribution is -1.89. The van der Waals surface area contributed by atoms with Gasteiger partial charge < -0.3 is 4.74 Å². The Hall–Kier alpha value is -1.54. The van der Waals surface area contributed by atoms with Gasteiger partial charge in [-0.2, -0.15) is 0 Å². The van der Waals surface area contributed by atoms with Crippen molar-refractivity contribution in [1.82, 2.24) is 0 Å². The van der Waals surface area contributed by atoms with Gasteiger partial charge in [-0.3, -0.25) is 4.79 Å². The SMILES string of the molecule is COc1ccc(C=O)c2c(Cl)cccc12. The van der Waals surface area contributed by atoms with Gasteiger partial charge in [-0.05, 0) is 18.2 Å². The molecule has 76 valence electrons. The zero-order chi connectivity index (χ0) is 10.8. The van der Waals surface area contributed by atoms with Crippen LogP contribution < -0.4 is 4.74 Å². The minimum atomic E-state index is 0.563. The summed E-state index contributed by atoms with van der Waals surface area (Å²) < 4.78 is 5.21. The molecule has 0 aliphatic rings. The summed E-state index contributed by atoms with van der Waals surface area (Å²) >= 11 is 6.06. The normalized spacial score (nSPS) is 10.3. The summed E-state index contributed by atoms with van der Waals surface area (Å²) in [5.41, 5.74) is 0.580. The fraction of sp³-hybridized carbons (Fsp3) is 0.0833. The number of rotatable bonds is 2. The van der Waals surface area contributed by atoms with Crippen LogP contribution in [0.25, 0.3) is 10.8 Å². The fourth-order valence-corrected chi connectivity index (χ4v) is 1.92. The zero-order valence-electron chi connectivity index (χ0n) is 8.16. The highest BCUT2D eigenvalue weighted by Gasteiger charge is 2.08. The quantitative estimate of drug-likeness (QED) is 0.726. The number of carbonyl (C=O) groups is 1. The van der Waals surface area contributed by atoms with Crippen molar-refractivity contribution >= 4 is 28.7 Å². The van der Waals surface area contributed by atoms with E-state index in [0.717, 1.165) is 22.8 Å². The molecule has 0 amide bonds. The van der Waals surface area contributed by atoms with Gasteiger partial charge in [-0.15, -0.1) is 0 Å². The van der Waals surface area contributed by atoms with E-state index in [2.05, 4.69) is 0 Å². The van der Waals surface area contributed by atoms with E-state index in [1.54, 1.807) is 25.3 Å². The minimum absolute atomic E-state index is 0.563. The molecule has 0 spiro atoms. The first-order chi connectivity index (χ1) is 7.27. The molecule has 3 heteroatoms. The monoisotopic (exact) mass is 220 g/mol. The standard InChI is InChI=1S/C12H9ClO2/c1-15-11-6-5-8(7-14)12-9(11)3-2-4-10(12)13/h2-7H,1H3. The van der Waals surface area contributed by atoms with Crippen LogP contribution in [0.2, 0.25) is 5.02 Å². The molecule has 0 unspecified atom stereocenters. The number of halogens is 1. The number of carbonyl (C=O) groups excluding carboxylic acids is 1. The van der Waals surface area contributed by atoms with Crippen LogP contribution >= 0.6 is 11.6 Å². The van der Waals surface area contributed by atoms with Crippen molar-refractivity contribution in [1.29, 1.82) is 0 Å². The van der Waals surface area contributed by atoms with Crippen LogP contribution in [0.1, 0.15) is 10.4 Å². The van der Waals surface area contributed by atoms with Gasteiger partial charge in [0.15, 0.2) is 6.29 Å². The van der Waals surface area contributed by atoms with Gasteiger partial charge in [-0.25, -0.2) is 0 Å². The molecule has 0 fully saturated rings. The Balaban J connectivity index is 2.92. The zero-order valence-corrected chi connectivity index (χ0v) is 8.91. The lowest BCUT2D eigenvalue weighted by molar-refractivity contribution is 0.112. The van der Waals surface area contributed by atoms with Crippen LogP contribution in [0.4, 0.5) is 0 Å². The van der Waals surface area contributed by atoms with Crippen LogP contribution in [0.3, 0.4) is 0 Å². The lowest BCUT2D eigenvalue weighted by atomic mass is 10.0. The molecule has 0 saturated heterocycles. The van der Waals surface area contributed by atoms with Crippen LogP contribution in [0.5, 0.6) is 5.75 Å². The molecule has 0 aromatic heterocycles. The molecule has 0 N–H and O–H groups in total. The van der Waals surface area contributed by atoms with Crippen molar-refractivity contribution in [3.05, 3.63) is 40.9 Å². The van der Waals surface area contributed by atoms with Gasteiger partial charge in [0, 0.05) is 21.4 Å². The summed E-state index contributed by atoms with van der Waals surface area (Å²) in [5, 5.41) is 2.16. The van der Waals surface area contributed by atoms with Gasteiger partial charge in [0.1, 0.15) is 5.75 Å². The second kappa shape index (κ2) is 3.91. The average Bonchev–Trinajstić information content (AvgIpc) is 2.28. The third-order valence-corrected chi connectivity index (χ3v) is 2.64. The maximum absolute atomic E-state index is 10.9. The number of ether oxygens (including phenoxy) is 1. The van der Waals surface area contributed by atoms with Gasteiger partial charge >= 0.3 is 0 Å². The van der Waals surface area contributed by atoms with Crippen molar-refractivity contribution < 1.29 is 9.53 Å². The molecule has 0 atom stereocenters. The molecule has 15 heavy (non-hydrogen) atoms. The van der Waals surface area contributed by atoms with Crippen molar-refractivity contribution in [2.24, 2.45) is 0 Å². The van der Waals surface area contributed by atoms with Crippen LogP contribution in [0, 0.1) is 0 Å². The van der Waals surface area contributed by atoms with E-state index >= 15 is 0 Å². The highest BCUT2D eigenvalue weighted by atomic mass is 35.5. The van der Waals surface area contributed by atoms with Crippen molar-refractivity contribution in [2.45, 2.75) is 0 Å². The molecule has 0 aliphatic carbocycles. The van der Waals surface area contributed by atoms with Crippen molar-refractivity contribution in [3.8, 4) is 5.75 Å². The largest absolute Gasteiger partial charge is 0.496 e. The van der Waals surface area contributed by atoms with E-state index in [1.165, 1.54) is 0 Å². The second-order valence-corrected chi connectivity index (χ2v) is 3.54. The van der Waals surface area contributed by atoms with Crippen LogP contribution in [0.15, 0.2) is 30.3 Å². The lowest BCUT2D eigenvalue weighted by Gasteiger charge is -2.08. The summed E-state index contributed by atoms with van der Waals surface area (Å²) in [6.45, 7) is 0. The number of aldehydes is 1. The van der Waals surface area contributed by atoms with Gasteiger partial charge in [0.05, 0.1) is 7.11 Å². The maximum atomic E-state index is 10.9. The van der Waals surface area contributed by atoms with Crippen LogP contribution in [-0.2, 0) is 0 Å². The molecular weight excluding hydrogens is 212 g/mol. The second-order valence-electron chi connectivity index (χ2n) is 3.14. The van der Waals surface area contributed by atoms with E-state index in [4.69, 9.17) is 16.3 Å². The topological polar surface area (TPSA) is 26.3 Å². The molecule has 0 aliphatic heterocycles. The predicted octanol–water partition coefficient (Wildman–Crippen LogP) is 3.31. The van der Waals surface area contributed by atoms with Crippen molar-refractivity contribution in [3.63, 3.8) is 0 Å². The number of hydrogen-bond donors (Lipinski definition) is 0. The molecule has 2 aromatic rings. The van der Waals surface area contributed by atoms with E-state index in [1.807, 2.05) is 12.1 Å². The smallest absolute Gasteiger partial charge is 0.150 e. The average molecular weight is 221 g/mol. The highest BCUT2D eigenvalue weighted by molar-refractivity contribution is 6.36. The predicted molar refractivity (Wildman–Crippen MR) is 60.9 cm³/mol. The Kier molecular flexibility index (Phi) is 2.60. The Labute approximate surface area is 92.4 Å². The van der Waals surface area contributed by atoms with E-state index < -0.39 is 0 Å². The molecule has 2 rings (SSSR count). The Morgan fingerprint density at radius 3 is 2.73 bits per heavy atom. The number of methoxy groups -OCH3 is 1. The van der Waals surface area contributed by atoms with E-state index in [9.17, 15) is 4.79 Å². The molecule has 0 radical (unpaired) electrons. The minimum Gasteiger partial charge on any atom is -0.496 e. The first-order valence-electron chi connectivity index (χ1n) is 4.48. The molecule has 2 aromatic carbocycles. The van der Waals surface area contributed by atoms with Gasteiger partial charge in [0.25, 0.3) is 0 Å². The fourth-order valence-electron chi connectivity index (χ4n) is 1.64. The third kappa shape index (κ3) is 1.57. The Morgan fingerprint density at radius 2 is 2.07 bits per heavy atom. The Morgan fingerprint density at radius 1 is 1.27 bits per heavy atom. The van der Waals surface area contributed by atoms with Gasteiger partial charge in [-0.1, -0.05) is 23.7 Å². The molecule has 0 heterocycles. The highest BCUT2D eigenvalue weighted by Crippen LogP contribution is 2.32. The summed E-state index contributed by atoms with van der Waals surface area (Å²) in [7, 11) is 1.59. The van der Waals surface area contributed by atoms with Crippen molar-refractivity contribution in [2.75, 3.05) is 7.11 Å². The number of hydrogen-bond acceptors (Lipinski definition) is 2. The summed E-state index contributed by atoms with van der Waals surface area (Å²) in [6, 6.07) is 8.95. The summed E-state index contributed by atoms with van der Waals surface area (Å²) in [4.78, 5) is 10.9.